The van der Waals surface area contributed by atoms with Crippen LogP contribution in [0.5, 0.6) is 0 Å². The number of hydrogen-bond donors (Lipinski definition) is 1. The highest BCUT2D eigenvalue weighted by atomic mass is 32.1. The van der Waals surface area contributed by atoms with Gasteiger partial charge in [-0.25, -0.2) is 0 Å². The maximum absolute atomic E-state index is 11.6. The molecule has 17 heavy (non-hydrogen) atoms. The molecule has 0 atom stereocenters. The molecule has 0 aliphatic rings. The lowest BCUT2D eigenvalue weighted by Gasteiger charge is -2.00. The van der Waals surface area contributed by atoms with E-state index in [9.17, 15) is 4.79 Å². The van der Waals surface area contributed by atoms with Gasteiger partial charge in [-0.1, -0.05) is 23.8 Å². The molecule has 0 fully saturated rings. The first kappa shape index (κ1) is 11.6. The summed E-state index contributed by atoms with van der Waals surface area (Å²) in [5.41, 5.74) is 2.19. The van der Waals surface area contributed by atoms with Crippen LogP contribution in [0.25, 0.3) is 0 Å². The standard InChI is InChI=1S/C14H13NOS/c1-11-4-6-12(7-5-11)15-9-8-13(16)14-3-2-10-17-14/h2-10,15H,1H3. The average Bonchev–Trinajstić information content (AvgIpc) is 2.85. The second-order valence-electron chi connectivity index (χ2n) is 3.69. The number of carbonyl (C=O) groups excluding carboxylic acids is 1. The van der Waals surface area contributed by atoms with Crippen molar-refractivity contribution in [3.05, 3.63) is 64.5 Å². The monoisotopic (exact) mass is 243 g/mol. The van der Waals surface area contributed by atoms with E-state index in [0.29, 0.717) is 0 Å². The molecule has 1 N–H and O–H groups in total. The number of aryl methyl sites for hydroxylation is 1. The highest BCUT2D eigenvalue weighted by Crippen LogP contribution is 2.11. The summed E-state index contributed by atoms with van der Waals surface area (Å²) < 4.78 is 0. The van der Waals surface area contributed by atoms with Gasteiger partial charge < -0.3 is 5.32 Å². The van der Waals surface area contributed by atoms with Crippen molar-refractivity contribution in [1.29, 1.82) is 0 Å². The van der Waals surface area contributed by atoms with Crippen molar-refractivity contribution in [2.75, 3.05) is 5.32 Å². The number of allylic oxidation sites excluding steroid dienone is 1. The fourth-order valence-corrected chi connectivity index (χ4v) is 2.01. The van der Waals surface area contributed by atoms with Gasteiger partial charge in [0.25, 0.3) is 0 Å². The van der Waals surface area contributed by atoms with Gasteiger partial charge in [0, 0.05) is 18.0 Å². The molecule has 86 valence electrons. The van der Waals surface area contributed by atoms with E-state index in [4.69, 9.17) is 0 Å². The van der Waals surface area contributed by atoms with E-state index < -0.39 is 0 Å². The van der Waals surface area contributed by atoms with Gasteiger partial charge >= 0.3 is 0 Å². The van der Waals surface area contributed by atoms with E-state index in [-0.39, 0.29) is 5.78 Å². The van der Waals surface area contributed by atoms with E-state index in [2.05, 4.69) is 5.32 Å². The van der Waals surface area contributed by atoms with Crippen molar-refractivity contribution in [1.82, 2.24) is 0 Å². The SMILES string of the molecule is Cc1ccc(NC=CC(=O)c2cccs2)cc1. The zero-order valence-electron chi connectivity index (χ0n) is 9.51. The van der Waals surface area contributed by atoms with Crippen molar-refractivity contribution in [2.45, 2.75) is 6.92 Å². The topological polar surface area (TPSA) is 29.1 Å². The Morgan fingerprint density at radius 3 is 2.65 bits per heavy atom. The minimum atomic E-state index is 0.0274. The molecular formula is C14H13NOS. The van der Waals surface area contributed by atoms with E-state index in [1.165, 1.54) is 16.9 Å². The van der Waals surface area contributed by atoms with Gasteiger partial charge in [-0.3, -0.25) is 4.79 Å². The fourth-order valence-electron chi connectivity index (χ4n) is 1.36. The summed E-state index contributed by atoms with van der Waals surface area (Å²) in [5.74, 6) is 0.0274. The Hall–Kier alpha value is -1.87. The maximum Gasteiger partial charge on any atom is 0.197 e. The number of hydrogen-bond acceptors (Lipinski definition) is 3. The van der Waals surface area contributed by atoms with Crippen LogP contribution in [0.4, 0.5) is 5.69 Å². The predicted molar refractivity (Wildman–Crippen MR) is 72.6 cm³/mol. The summed E-state index contributed by atoms with van der Waals surface area (Å²) in [5, 5.41) is 4.97. The Kier molecular flexibility index (Phi) is 3.73. The Morgan fingerprint density at radius 2 is 2.00 bits per heavy atom. The molecule has 1 heterocycles. The zero-order valence-corrected chi connectivity index (χ0v) is 10.3. The van der Waals surface area contributed by atoms with Gasteiger partial charge in [-0.05, 0) is 30.5 Å². The molecule has 0 saturated carbocycles. The first-order valence-electron chi connectivity index (χ1n) is 5.33. The van der Waals surface area contributed by atoms with Gasteiger partial charge in [-0.15, -0.1) is 11.3 Å². The minimum Gasteiger partial charge on any atom is -0.362 e. The second kappa shape index (κ2) is 5.46. The molecule has 3 heteroatoms. The summed E-state index contributed by atoms with van der Waals surface area (Å²) in [7, 11) is 0. The average molecular weight is 243 g/mol. The number of ketones is 1. The number of rotatable bonds is 4. The van der Waals surface area contributed by atoms with E-state index >= 15 is 0 Å². The van der Waals surface area contributed by atoms with Gasteiger partial charge in [0.2, 0.25) is 0 Å². The molecule has 0 aliphatic carbocycles. The number of anilines is 1. The van der Waals surface area contributed by atoms with Crippen LogP contribution in [0.15, 0.2) is 54.1 Å². The summed E-state index contributed by atoms with van der Waals surface area (Å²) in [6.07, 6.45) is 3.22. The summed E-state index contributed by atoms with van der Waals surface area (Å²) in [6, 6.07) is 11.7. The minimum absolute atomic E-state index is 0.0274. The van der Waals surface area contributed by atoms with Crippen molar-refractivity contribution in [2.24, 2.45) is 0 Å². The molecule has 1 aromatic carbocycles. The molecule has 0 amide bonds. The lowest BCUT2D eigenvalue weighted by atomic mass is 10.2. The third-order valence-electron chi connectivity index (χ3n) is 2.30. The third kappa shape index (κ3) is 3.29. The van der Waals surface area contributed by atoms with Crippen LogP contribution in [0, 0.1) is 6.92 Å². The lowest BCUT2D eigenvalue weighted by molar-refractivity contribution is 0.105. The highest BCUT2D eigenvalue weighted by molar-refractivity contribution is 7.12. The smallest absolute Gasteiger partial charge is 0.197 e. The van der Waals surface area contributed by atoms with Crippen LogP contribution < -0.4 is 5.32 Å². The van der Waals surface area contributed by atoms with Crippen LogP contribution in [-0.2, 0) is 0 Å². The number of carbonyl (C=O) groups is 1. The van der Waals surface area contributed by atoms with Crippen molar-refractivity contribution >= 4 is 22.8 Å². The molecule has 0 radical (unpaired) electrons. The normalized spacial score (nSPS) is 10.6. The molecule has 0 saturated heterocycles. The van der Waals surface area contributed by atoms with Crippen molar-refractivity contribution in [3.63, 3.8) is 0 Å². The fraction of sp³-hybridized carbons (Fsp3) is 0.0714. The van der Waals surface area contributed by atoms with Gasteiger partial charge in [0.05, 0.1) is 4.88 Å². The largest absolute Gasteiger partial charge is 0.362 e. The Labute approximate surface area is 105 Å². The lowest BCUT2D eigenvalue weighted by Crippen LogP contribution is -1.93. The predicted octanol–water partition coefficient (Wildman–Crippen LogP) is 3.87. The van der Waals surface area contributed by atoms with Gasteiger partial charge in [-0.2, -0.15) is 0 Å². The molecule has 2 aromatic rings. The summed E-state index contributed by atoms with van der Waals surface area (Å²) >= 11 is 1.45. The summed E-state index contributed by atoms with van der Waals surface area (Å²) in [6.45, 7) is 2.04. The van der Waals surface area contributed by atoms with Crippen LogP contribution in [-0.4, -0.2) is 5.78 Å². The van der Waals surface area contributed by atoms with E-state index in [0.717, 1.165) is 10.6 Å². The molecule has 2 nitrogen and oxygen atoms in total. The van der Waals surface area contributed by atoms with E-state index in [1.807, 2.05) is 48.7 Å². The van der Waals surface area contributed by atoms with Crippen molar-refractivity contribution in [3.8, 4) is 0 Å². The second-order valence-corrected chi connectivity index (χ2v) is 4.63. The van der Waals surface area contributed by atoms with Crippen LogP contribution >= 0.6 is 11.3 Å². The molecular weight excluding hydrogens is 230 g/mol. The maximum atomic E-state index is 11.6. The molecule has 0 spiro atoms. The summed E-state index contributed by atoms with van der Waals surface area (Å²) in [4.78, 5) is 12.4. The van der Waals surface area contributed by atoms with E-state index in [1.54, 1.807) is 12.3 Å². The Balaban J connectivity index is 1.94. The molecule has 1 aromatic heterocycles. The zero-order chi connectivity index (χ0) is 12.1. The molecule has 0 unspecified atom stereocenters. The first-order chi connectivity index (χ1) is 8.25. The van der Waals surface area contributed by atoms with Crippen LogP contribution in [0.1, 0.15) is 15.2 Å². The Bertz CT molecular complexity index is 512. The first-order valence-corrected chi connectivity index (χ1v) is 6.21. The quantitative estimate of drug-likeness (QED) is 0.652. The molecule has 0 aliphatic heterocycles. The molecule has 2 rings (SSSR count). The number of thiophene rings is 1. The van der Waals surface area contributed by atoms with Crippen molar-refractivity contribution < 1.29 is 4.79 Å². The Morgan fingerprint density at radius 1 is 1.24 bits per heavy atom. The van der Waals surface area contributed by atoms with Gasteiger partial charge in [0.1, 0.15) is 0 Å². The third-order valence-corrected chi connectivity index (χ3v) is 3.18. The highest BCUT2D eigenvalue weighted by Gasteiger charge is 2.00. The number of nitrogens with one attached hydrogen (secondary N) is 1. The van der Waals surface area contributed by atoms with Gasteiger partial charge in [0.15, 0.2) is 5.78 Å². The molecule has 0 bridgehead atoms. The number of benzene rings is 1. The van der Waals surface area contributed by atoms with Crippen LogP contribution in [0.2, 0.25) is 0 Å². The van der Waals surface area contributed by atoms with Crippen LogP contribution in [0.3, 0.4) is 0 Å².